The largest absolute Gasteiger partial charge is 0.444 e. The number of carbonyl (C=O) groups is 2. The van der Waals surface area contributed by atoms with Crippen LogP contribution in [0.1, 0.15) is 36.0 Å². The molecule has 1 aromatic heterocycles. The Kier molecular flexibility index (Phi) is 4.98. The van der Waals surface area contributed by atoms with Crippen LogP contribution in [0, 0.1) is 0 Å². The zero-order chi connectivity index (χ0) is 16.2. The molecule has 116 valence electrons. The minimum atomic E-state index is -0.497. The van der Waals surface area contributed by atoms with Crippen LogP contribution in [0.5, 0.6) is 0 Å². The molecule has 1 N–H and O–H groups in total. The molecule has 0 unspecified atom stereocenters. The Labute approximate surface area is 134 Å². The van der Waals surface area contributed by atoms with E-state index in [1.165, 1.54) is 11.3 Å². The van der Waals surface area contributed by atoms with Crippen LogP contribution in [0.4, 0.5) is 4.79 Å². The third kappa shape index (κ3) is 4.70. The fourth-order valence-electron chi connectivity index (χ4n) is 1.85. The SMILES string of the molecule is CC(C)(C)OC(=O)NCc1ccc(-c2ccc(C=O)s2)cc1. The zero-order valence-electron chi connectivity index (χ0n) is 12.9. The van der Waals surface area contributed by atoms with Crippen molar-refractivity contribution >= 4 is 23.7 Å². The molecule has 1 amide bonds. The van der Waals surface area contributed by atoms with Crippen molar-refractivity contribution in [3.05, 3.63) is 46.8 Å². The average molecular weight is 317 g/mol. The molecule has 0 bridgehead atoms. The maximum Gasteiger partial charge on any atom is 0.407 e. The highest BCUT2D eigenvalue weighted by atomic mass is 32.1. The Balaban J connectivity index is 1.94. The molecular weight excluding hydrogens is 298 g/mol. The molecule has 0 saturated heterocycles. The molecule has 5 heteroatoms. The summed E-state index contributed by atoms with van der Waals surface area (Å²) in [6.07, 6.45) is 0.429. The van der Waals surface area contributed by atoms with Gasteiger partial charge in [0.2, 0.25) is 0 Å². The van der Waals surface area contributed by atoms with Crippen LogP contribution in [-0.2, 0) is 11.3 Å². The molecule has 0 radical (unpaired) electrons. The van der Waals surface area contributed by atoms with Gasteiger partial charge >= 0.3 is 6.09 Å². The number of amides is 1. The van der Waals surface area contributed by atoms with E-state index in [1.54, 1.807) is 0 Å². The predicted octanol–water partition coefficient (Wildman–Crippen LogP) is 4.25. The quantitative estimate of drug-likeness (QED) is 0.858. The molecule has 0 fully saturated rings. The summed E-state index contributed by atoms with van der Waals surface area (Å²) in [4.78, 5) is 24.1. The van der Waals surface area contributed by atoms with E-state index in [-0.39, 0.29) is 0 Å². The molecule has 0 aliphatic heterocycles. The van der Waals surface area contributed by atoms with Crippen molar-refractivity contribution < 1.29 is 14.3 Å². The Morgan fingerprint density at radius 1 is 1.18 bits per heavy atom. The first-order valence-electron chi connectivity index (χ1n) is 6.98. The molecular formula is C17H19NO3S. The minimum absolute atomic E-state index is 0.416. The van der Waals surface area contributed by atoms with Crippen molar-refractivity contribution in [2.24, 2.45) is 0 Å². The van der Waals surface area contributed by atoms with E-state index in [1.807, 2.05) is 57.2 Å². The van der Waals surface area contributed by atoms with Crippen LogP contribution in [0.25, 0.3) is 10.4 Å². The van der Waals surface area contributed by atoms with Gasteiger partial charge in [0.05, 0.1) is 4.88 Å². The topological polar surface area (TPSA) is 55.4 Å². The van der Waals surface area contributed by atoms with Crippen molar-refractivity contribution in [3.63, 3.8) is 0 Å². The number of carbonyl (C=O) groups excluding carboxylic acids is 2. The Bertz CT molecular complexity index is 653. The lowest BCUT2D eigenvalue weighted by atomic mass is 10.1. The molecule has 0 spiro atoms. The van der Waals surface area contributed by atoms with Crippen LogP contribution < -0.4 is 5.32 Å². The molecule has 22 heavy (non-hydrogen) atoms. The van der Waals surface area contributed by atoms with Crippen molar-refractivity contribution in [2.75, 3.05) is 0 Å². The second-order valence-corrected chi connectivity index (χ2v) is 6.99. The van der Waals surface area contributed by atoms with Crippen molar-refractivity contribution in [1.29, 1.82) is 0 Å². The smallest absolute Gasteiger partial charge is 0.407 e. The van der Waals surface area contributed by atoms with Gasteiger partial charge in [0, 0.05) is 11.4 Å². The monoisotopic (exact) mass is 317 g/mol. The summed E-state index contributed by atoms with van der Waals surface area (Å²) in [5.41, 5.74) is 1.55. The Hall–Kier alpha value is -2.14. The molecule has 0 saturated carbocycles. The number of benzene rings is 1. The van der Waals surface area contributed by atoms with E-state index in [0.717, 1.165) is 22.3 Å². The van der Waals surface area contributed by atoms with Gasteiger partial charge in [0.15, 0.2) is 6.29 Å². The molecule has 0 aliphatic carbocycles. The first kappa shape index (κ1) is 16.2. The lowest BCUT2D eigenvalue weighted by molar-refractivity contribution is 0.0523. The molecule has 0 atom stereocenters. The fourth-order valence-corrected chi connectivity index (χ4v) is 2.67. The summed E-state index contributed by atoms with van der Waals surface area (Å²) in [6, 6.07) is 11.6. The maximum atomic E-state index is 11.6. The number of hydrogen-bond acceptors (Lipinski definition) is 4. The summed E-state index contributed by atoms with van der Waals surface area (Å²) < 4.78 is 5.19. The Morgan fingerprint density at radius 3 is 2.41 bits per heavy atom. The number of rotatable bonds is 4. The number of ether oxygens (including phenoxy) is 1. The van der Waals surface area contributed by atoms with E-state index in [4.69, 9.17) is 4.74 Å². The van der Waals surface area contributed by atoms with Crippen LogP contribution in [-0.4, -0.2) is 18.0 Å². The molecule has 2 rings (SSSR count). The van der Waals surface area contributed by atoms with E-state index < -0.39 is 11.7 Å². The van der Waals surface area contributed by atoms with Gasteiger partial charge in [-0.05, 0) is 44.0 Å². The first-order valence-corrected chi connectivity index (χ1v) is 7.80. The van der Waals surface area contributed by atoms with Gasteiger partial charge in [-0.15, -0.1) is 11.3 Å². The van der Waals surface area contributed by atoms with Crippen LogP contribution >= 0.6 is 11.3 Å². The van der Waals surface area contributed by atoms with E-state index in [9.17, 15) is 9.59 Å². The highest BCUT2D eigenvalue weighted by molar-refractivity contribution is 7.17. The second kappa shape index (κ2) is 6.75. The molecule has 4 nitrogen and oxygen atoms in total. The fraction of sp³-hybridized carbons (Fsp3) is 0.294. The van der Waals surface area contributed by atoms with E-state index in [2.05, 4.69) is 5.32 Å². The number of hydrogen-bond donors (Lipinski definition) is 1. The number of thiophene rings is 1. The number of aldehydes is 1. The maximum absolute atomic E-state index is 11.6. The molecule has 0 aliphatic rings. The van der Waals surface area contributed by atoms with E-state index >= 15 is 0 Å². The van der Waals surface area contributed by atoms with Gasteiger partial charge in [-0.2, -0.15) is 0 Å². The summed E-state index contributed by atoms with van der Waals surface area (Å²) in [7, 11) is 0. The third-order valence-electron chi connectivity index (χ3n) is 2.82. The van der Waals surface area contributed by atoms with Gasteiger partial charge < -0.3 is 10.1 Å². The van der Waals surface area contributed by atoms with Gasteiger partial charge in [-0.3, -0.25) is 4.79 Å². The van der Waals surface area contributed by atoms with Crippen LogP contribution in [0.3, 0.4) is 0 Å². The lowest BCUT2D eigenvalue weighted by Gasteiger charge is -2.19. The Morgan fingerprint density at radius 2 is 1.86 bits per heavy atom. The van der Waals surface area contributed by atoms with Crippen molar-refractivity contribution in [2.45, 2.75) is 32.9 Å². The summed E-state index contributed by atoms with van der Waals surface area (Å²) in [5, 5.41) is 2.72. The minimum Gasteiger partial charge on any atom is -0.444 e. The zero-order valence-corrected chi connectivity index (χ0v) is 13.7. The third-order valence-corrected chi connectivity index (χ3v) is 3.88. The summed E-state index contributed by atoms with van der Waals surface area (Å²) in [6.45, 7) is 5.90. The highest BCUT2D eigenvalue weighted by Gasteiger charge is 2.15. The van der Waals surface area contributed by atoms with Crippen LogP contribution in [0.15, 0.2) is 36.4 Å². The molecule has 1 heterocycles. The number of alkyl carbamates (subject to hydrolysis) is 1. The van der Waals surface area contributed by atoms with E-state index in [0.29, 0.717) is 11.4 Å². The van der Waals surface area contributed by atoms with Gasteiger partial charge in [0.25, 0.3) is 0 Å². The van der Waals surface area contributed by atoms with Crippen LogP contribution in [0.2, 0.25) is 0 Å². The van der Waals surface area contributed by atoms with Gasteiger partial charge in [-0.1, -0.05) is 24.3 Å². The lowest BCUT2D eigenvalue weighted by Crippen LogP contribution is -2.32. The molecule has 1 aromatic carbocycles. The second-order valence-electron chi connectivity index (χ2n) is 5.87. The highest BCUT2D eigenvalue weighted by Crippen LogP contribution is 2.27. The first-order chi connectivity index (χ1) is 10.4. The van der Waals surface area contributed by atoms with Crippen molar-refractivity contribution in [3.8, 4) is 10.4 Å². The summed E-state index contributed by atoms with van der Waals surface area (Å²) >= 11 is 1.46. The standard InChI is InChI=1S/C17H19NO3S/c1-17(2,3)21-16(20)18-10-12-4-6-13(7-5-12)15-9-8-14(11-19)22-15/h4-9,11H,10H2,1-3H3,(H,18,20). The number of nitrogens with one attached hydrogen (secondary N) is 1. The summed E-state index contributed by atoms with van der Waals surface area (Å²) in [5.74, 6) is 0. The normalized spacial score (nSPS) is 11.0. The van der Waals surface area contributed by atoms with Crippen molar-refractivity contribution in [1.82, 2.24) is 5.32 Å². The average Bonchev–Trinajstić information content (AvgIpc) is 2.93. The predicted molar refractivity (Wildman–Crippen MR) is 88.2 cm³/mol. The molecule has 2 aromatic rings. The van der Waals surface area contributed by atoms with Gasteiger partial charge in [-0.25, -0.2) is 4.79 Å². The van der Waals surface area contributed by atoms with Gasteiger partial charge in [0.1, 0.15) is 5.60 Å².